The van der Waals surface area contributed by atoms with Gasteiger partial charge in [-0.15, -0.1) is 0 Å². The molecular formula is C7H14O2S2. The van der Waals surface area contributed by atoms with E-state index in [1.165, 1.54) is 0 Å². The van der Waals surface area contributed by atoms with E-state index in [-0.39, 0.29) is 0 Å². The molecule has 0 saturated heterocycles. The highest BCUT2D eigenvalue weighted by molar-refractivity contribution is 7.80. The smallest absolute Gasteiger partial charge is 0.103 e. The normalized spacial score (nSPS) is 44.7. The first-order valence-electron chi connectivity index (χ1n) is 3.74. The topological polar surface area (TPSA) is 40.5 Å². The average Bonchev–Trinajstić information content (AvgIpc) is 2.31. The minimum atomic E-state index is -1.02. The lowest BCUT2D eigenvalue weighted by Gasteiger charge is -2.35. The minimum Gasteiger partial charge on any atom is -0.386 e. The van der Waals surface area contributed by atoms with Crippen LogP contribution in [0.25, 0.3) is 0 Å². The quantitative estimate of drug-likeness (QED) is 0.483. The van der Waals surface area contributed by atoms with E-state index >= 15 is 0 Å². The van der Waals surface area contributed by atoms with Crippen LogP contribution in [-0.4, -0.2) is 32.9 Å². The number of rotatable bonds is 2. The second kappa shape index (κ2) is 3.17. The first-order valence-corrected chi connectivity index (χ1v) is 5.01. The largest absolute Gasteiger partial charge is 0.386 e. The van der Waals surface area contributed by atoms with Gasteiger partial charge in [0.2, 0.25) is 0 Å². The molecule has 1 aliphatic rings. The second-order valence-corrected chi connectivity index (χ2v) is 3.87. The highest BCUT2D eigenvalue weighted by atomic mass is 32.1. The van der Waals surface area contributed by atoms with Gasteiger partial charge in [0.1, 0.15) is 11.2 Å². The molecule has 4 heteroatoms. The maximum absolute atomic E-state index is 9.84. The van der Waals surface area contributed by atoms with Crippen molar-refractivity contribution in [3.8, 4) is 0 Å². The predicted octanol–water partition coefficient (Wildman–Crippen LogP) is 0.492. The Morgan fingerprint density at radius 2 is 1.36 bits per heavy atom. The van der Waals surface area contributed by atoms with Gasteiger partial charge in [-0.25, -0.2) is 0 Å². The summed E-state index contributed by atoms with van der Waals surface area (Å²) in [4.78, 5) is 0. The summed E-state index contributed by atoms with van der Waals surface area (Å²) in [5.41, 5.74) is -2.03. The van der Waals surface area contributed by atoms with Gasteiger partial charge in [-0.05, 0) is 19.3 Å². The molecule has 66 valence electrons. The molecular weight excluding hydrogens is 180 g/mol. The Kier molecular flexibility index (Phi) is 2.79. The molecule has 0 amide bonds. The second-order valence-electron chi connectivity index (χ2n) is 3.23. The van der Waals surface area contributed by atoms with Gasteiger partial charge in [0.15, 0.2) is 0 Å². The van der Waals surface area contributed by atoms with Crippen LogP contribution in [0.15, 0.2) is 0 Å². The lowest BCUT2D eigenvalue weighted by molar-refractivity contribution is -0.100. The molecule has 0 aromatic heterocycles. The number of aliphatic hydroxyl groups is 2. The summed E-state index contributed by atoms with van der Waals surface area (Å²) in [5, 5.41) is 19.7. The summed E-state index contributed by atoms with van der Waals surface area (Å²) in [6, 6.07) is 0. The summed E-state index contributed by atoms with van der Waals surface area (Å²) in [6.45, 7) is 0. The van der Waals surface area contributed by atoms with Gasteiger partial charge in [0.25, 0.3) is 0 Å². The third kappa shape index (κ3) is 1.41. The summed E-state index contributed by atoms with van der Waals surface area (Å²) in [7, 11) is 0. The molecule has 0 aromatic rings. The molecule has 0 aliphatic heterocycles. The number of thiol groups is 2. The summed E-state index contributed by atoms with van der Waals surface area (Å²) >= 11 is 8.05. The van der Waals surface area contributed by atoms with Crippen LogP contribution in [0.5, 0.6) is 0 Å². The predicted molar refractivity (Wildman–Crippen MR) is 51.5 cm³/mol. The summed E-state index contributed by atoms with van der Waals surface area (Å²) in [6.07, 6.45) is 2.12. The number of hydrogen-bond acceptors (Lipinski definition) is 4. The van der Waals surface area contributed by atoms with E-state index in [2.05, 4.69) is 25.3 Å². The van der Waals surface area contributed by atoms with E-state index in [9.17, 15) is 10.2 Å². The van der Waals surface area contributed by atoms with Gasteiger partial charge in [-0.1, -0.05) is 0 Å². The fourth-order valence-corrected chi connectivity index (χ4v) is 2.50. The fraction of sp³-hybridized carbons (Fsp3) is 1.00. The standard InChI is InChI=1S/C7H14O2S2/c8-6(4-10)2-1-3-7(6,9)5-11/h8-11H,1-5H2. The van der Waals surface area contributed by atoms with Crippen molar-refractivity contribution in [2.24, 2.45) is 0 Å². The lowest BCUT2D eigenvalue weighted by atomic mass is 9.89. The fourth-order valence-electron chi connectivity index (χ4n) is 1.59. The van der Waals surface area contributed by atoms with E-state index in [1.54, 1.807) is 0 Å². The van der Waals surface area contributed by atoms with Crippen molar-refractivity contribution in [3.63, 3.8) is 0 Å². The van der Waals surface area contributed by atoms with Crippen LogP contribution in [0.2, 0.25) is 0 Å². The van der Waals surface area contributed by atoms with E-state index < -0.39 is 11.2 Å². The Morgan fingerprint density at radius 1 is 1.00 bits per heavy atom. The van der Waals surface area contributed by atoms with Gasteiger partial charge < -0.3 is 10.2 Å². The SMILES string of the molecule is OC1(CS)CCCC1(O)CS. The molecule has 11 heavy (non-hydrogen) atoms. The molecule has 2 nitrogen and oxygen atoms in total. The van der Waals surface area contributed by atoms with Crippen LogP contribution in [0, 0.1) is 0 Å². The van der Waals surface area contributed by atoms with Crippen molar-refractivity contribution in [3.05, 3.63) is 0 Å². The first kappa shape index (κ1) is 9.71. The molecule has 2 N–H and O–H groups in total. The Morgan fingerprint density at radius 3 is 1.64 bits per heavy atom. The van der Waals surface area contributed by atoms with Crippen LogP contribution < -0.4 is 0 Å². The van der Waals surface area contributed by atoms with Crippen LogP contribution in [0.4, 0.5) is 0 Å². The molecule has 2 unspecified atom stereocenters. The van der Waals surface area contributed by atoms with E-state index in [1.807, 2.05) is 0 Å². The average molecular weight is 194 g/mol. The van der Waals surface area contributed by atoms with Gasteiger partial charge in [-0.2, -0.15) is 25.3 Å². The van der Waals surface area contributed by atoms with Crippen LogP contribution in [0.3, 0.4) is 0 Å². The maximum Gasteiger partial charge on any atom is 0.103 e. The molecule has 1 saturated carbocycles. The Labute approximate surface area is 77.8 Å². The molecule has 1 aliphatic carbocycles. The lowest BCUT2D eigenvalue weighted by Crippen LogP contribution is -2.52. The van der Waals surface area contributed by atoms with Crippen molar-refractivity contribution in [1.82, 2.24) is 0 Å². The maximum atomic E-state index is 9.84. The molecule has 0 bridgehead atoms. The monoisotopic (exact) mass is 194 g/mol. The Bertz CT molecular complexity index is 137. The zero-order chi connectivity index (χ0) is 8.54. The van der Waals surface area contributed by atoms with Crippen LogP contribution in [0.1, 0.15) is 19.3 Å². The van der Waals surface area contributed by atoms with Gasteiger partial charge in [0.05, 0.1) is 0 Å². The van der Waals surface area contributed by atoms with Crippen molar-refractivity contribution in [1.29, 1.82) is 0 Å². The summed E-state index contributed by atoms with van der Waals surface area (Å²) < 4.78 is 0. The molecule has 0 radical (unpaired) electrons. The third-order valence-corrected chi connectivity index (χ3v) is 3.62. The van der Waals surface area contributed by atoms with Crippen molar-refractivity contribution >= 4 is 25.3 Å². The third-order valence-electron chi connectivity index (χ3n) is 2.57. The zero-order valence-electron chi connectivity index (χ0n) is 6.32. The van der Waals surface area contributed by atoms with Crippen LogP contribution >= 0.6 is 25.3 Å². The Balaban J connectivity index is 2.79. The van der Waals surface area contributed by atoms with E-state index in [0.29, 0.717) is 24.3 Å². The van der Waals surface area contributed by atoms with E-state index in [0.717, 1.165) is 6.42 Å². The first-order chi connectivity index (χ1) is 5.08. The van der Waals surface area contributed by atoms with Gasteiger partial charge >= 0.3 is 0 Å². The molecule has 0 spiro atoms. The number of hydrogen-bond donors (Lipinski definition) is 4. The molecule has 0 aromatic carbocycles. The van der Waals surface area contributed by atoms with Gasteiger partial charge in [0, 0.05) is 11.5 Å². The summed E-state index contributed by atoms with van der Waals surface area (Å²) in [5.74, 6) is 0.619. The Hall–Kier alpha value is 0.620. The highest BCUT2D eigenvalue weighted by Crippen LogP contribution is 2.40. The highest BCUT2D eigenvalue weighted by Gasteiger charge is 2.51. The minimum absolute atomic E-state index is 0.310. The zero-order valence-corrected chi connectivity index (χ0v) is 8.11. The van der Waals surface area contributed by atoms with Crippen molar-refractivity contribution in [2.45, 2.75) is 30.5 Å². The van der Waals surface area contributed by atoms with Crippen molar-refractivity contribution < 1.29 is 10.2 Å². The van der Waals surface area contributed by atoms with E-state index in [4.69, 9.17) is 0 Å². The molecule has 2 atom stereocenters. The molecule has 1 fully saturated rings. The molecule has 0 heterocycles. The van der Waals surface area contributed by atoms with Crippen molar-refractivity contribution in [2.75, 3.05) is 11.5 Å². The molecule has 1 rings (SSSR count). The van der Waals surface area contributed by atoms with Crippen LogP contribution in [-0.2, 0) is 0 Å². The van der Waals surface area contributed by atoms with Gasteiger partial charge in [-0.3, -0.25) is 0 Å².